The Morgan fingerprint density at radius 1 is 1.23 bits per heavy atom. The van der Waals surface area contributed by atoms with E-state index in [9.17, 15) is 27.5 Å². The van der Waals surface area contributed by atoms with E-state index in [1.807, 2.05) is 0 Å². The van der Waals surface area contributed by atoms with E-state index in [1.54, 1.807) is 6.92 Å². The van der Waals surface area contributed by atoms with Gasteiger partial charge in [0.1, 0.15) is 5.69 Å². The molecule has 2 amide bonds. The molecule has 0 fully saturated rings. The lowest BCUT2D eigenvalue weighted by atomic mass is 10.2. The van der Waals surface area contributed by atoms with E-state index in [4.69, 9.17) is 4.74 Å². The van der Waals surface area contributed by atoms with Gasteiger partial charge in [0.25, 0.3) is 0 Å². The van der Waals surface area contributed by atoms with Gasteiger partial charge in [-0.15, -0.1) is 5.10 Å². The molecule has 0 aliphatic heterocycles. The fourth-order valence-corrected chi connectivity index (χ4v) is 2.79. The number of methoxy groups -OCH3 is 1. The van der Waals surface area contributed by atoms with E-state index in [-0.39, 0.29) is 28.4 Å². The Balaban J connectivity index is 1.92. The predicted molar refractivity (Wildman–Crippen MR) is 101 cm³/mol. The van der Waals surface area contributed by atoms with E-state index in [2.05, 4.69) is 25.7 Å². The molecule has 31 heavy (non-hydrogen) atoms. The van der Waals surface area contributed by atoms with Crippen LogP contribution in [-0.4, -0.2) is 37.8 Å². The predicted octanol–water partition coefficient (Wildman–Crippen LogP) is 3.69. The van der Waals surface area contributed by atoms with Gasteiger partial charge in [-0.1, -0.05) is 0 Å². The first-order valence-corrected chi connectivity index (χ1v) is 8.91. The summed E-state index contributed by atoms with van der Waals surface area (Å²) in [7, 11) is 1.40. The average molecular weight is 442 g/mol. The van der Waals surface area contributed by atoms with Crippen molar-refractivity contribution < 1.29 is 32.2 Å². The smallest absolute Gasteiger partial charge is 0.387 e. The number of nitrogens with one attached hydrogen (secondary N) is 2. The first-order chi connectivity index (χ1) is 14.5. The number of halogens is 4. The van der Waals surface area contributed by atoms with Crippen LogP contribution in [0.1, 0.15) is 43.1 Å². The number of hydrogen-bond acceptors (Lipinski definition) is 6. The largest absolute Gasteiger partial charge is 0.433 e. The zero-order chi connectivity index (χ0) is 22.9. The number of nitrogens with zero attached hydrogens (tertiary/aromatic N) is 4. The molecule has 0 saturated heterocycles. The molecular formula is C18H18F4N6O3. The second-order valence-electron chi connectivity index (χ2n) is 6.59. The molecule has 2 atom stereocenters. The van der Waals surface area contributed by atoms with Crippen molar-refractivity contribution in [2.45, 2.75) is 32.2 Å². The molecule has 0 aromatic carbocycles. The molecule has 0 aliphatic carbocycles. The third-order valence-corrected chi connectivity index (χ3v) is 4.30. The standard InChI is InChI=1S/C18H18F4N6O3/c1-8(29)11-4-10(5-13(25-11)18(20,21)22)24-17(30)26-12-7-23-15-6-14(19)27-28(15)16(12)9(2)31-3/h4-9,29H,1-3H3,(H2,24,25,26,30)/t8?,9-/m0/s1. The highest BCUT2D eigenvalue weighted by molar-refractivity contribution is 6.00. The molecule has 3 heterocycles. The Kier molecular flexibility index (Phi) is 6.08. The summed E-state index contributed by atoms with van der Waals surface area (Å²) in [5, 5.41) is 18.0. The lowest BCUT2D eigenvalue weighted by molar-refractivity contribution is -0.141. The molecule has 3 aromatic rings. The molecular weight excluding hydrogens is 424 g/mol. The second kappa shape index (κ2) is 8.43. The maximum Gasteiger partial charge on any atom is 0.433 e. The Morgan fingerprint density at radius 3 is 2.55 bits per heavy atom. The molecule has 1 unspecified atom stereocenters. The number of rotatable bonds is 5. The van der Waals surface area contributed by atoms with Gasteiger partial charge < -0.3 is 20.5 Å². The molecule has 3 aromatic heterocycles. The fraction of sp³-hybridized carbons (Fsp3) is 0.333. The Bertz CT molecular complexity index is 1120. The number of aromatic nitrogens is 4. The van der Waals surface area contributed by atoms with Crippen molar-refractivity contribution in [3.8, 4) is 0 Å². The second-order valence-corrected chi connectivity index (χ2v) is 6.59. The first kappa shape index (κ1) is 22.4. The highest BCUT2D eigenvalue weighted by atomic mass is 19.4. The van der Waals surface area contributed by atoms with Crippen LogP contribution in [0.2, 0.25) is 0 Å². The van der Waals surface area contributed by atoms with Gasteiger partial charge in [0.2, 0.25) is 5.95 Å². The van der Waals surface area contributed by atoms with E-state index >= 15 is 0 Å². The number of hydrogen-bond donors (Lipinski definition) is 3. The van der Waals surface area contributed by atoms with Crippen molar-refractivity contribution in [2.24, 2.45) is 0 Å². The fourth-order valence-electron chi connectivity index (χ4n) is 2.79. The third-order valence-electron chi connectivity index (χ3n) is 4.30. The van der Waals surface area contributed by atoms with Crippen LogP contribution in [0.4, 0.5) is 33.7 Å². The van der Waals surface area contributed by atoms with E-state index in [0.717, 1.165) is 16.6 Å². The molecule has 3 rings (SSSR count). The van der Waals surface area contributed by atoms with E-state index in [0.29, 0.717) is 6.07 Å². The van der Waals surface area contributed by atoms with Gasteiger partial charge in [0, 0.05) is 18.9 Å². The van der Waals surface area contributed by atoms with Crippen molar-refractivity contribution >= 4 is 23.1 Å². The van der Waals surface area contributed by atoms with Crippen LogP contribution in [0.5, 0.6) is 0 Å². The van der Waals surface area contributed by atoms with Crippen LogP contribution < -0.4 is 10.6 Å². The number of amides is 2. The summed E-state index contributed by atoms with van der Waals surface area (Å²) in [6.07, 6.45) is -5.46. The summed E-state index contributed by atoms with van der Waals surface area (Å²) in [4.78, 5) is 19.8. The minimum atomic E-state index is -4.78. The minimum Gasteiger partial charge on any atom is -0.387 e. The molecule has 9 nitrogen and oxygen atoms in total. The highest BCUT2D eigenvalue weighted by Gasteiger charge is 2.33. The maximum atomic E-state index is 13.6. The van der Waals surface area contributed by atoms with Crippen molar-refractivity contribution in [3.05, 3.63) is 47.4 Å². The molecule has 13 heteroatoms. The quantitative estimate of drug-likeness (QED) is 0.520. The lowest BCUT2D eigenvalue weighted by Gasteiger charge is -2.17. The molecule has 0 aliphatic rings. The topological polar surface area (TPSA) is 114 Å². The summed E-state index contributed by atoms with van der Waals surface area (Å²) in [5.41, 5.74) is -1.24. The van der Waals surface area contributed by atoms with Gasteiger partial charge >= 0.3 is 12.2 Å². The van der Waals surface area contributed by atoms with Gasteiger partial charge in [-0.25, -0.2) is 19.3 Å². The number of alkyl halides is 3. The number of anilines is 2. The number of fused-ring (bicyclic) bond motifs is 1. The van der Waals surface area contributed by atoms with Crippen LogP contribution in [0.15, 0.2) is 24.4 Å². The molecule has 166 valence electrons. The third kappa shape index (κ3) is 4.88. The van der Waals surface area contributed by atoms with Crippen molar-refractivity contribution in [1.29, 1.82) is 0 Å². The number of aliphatic hydroxyl groups excluding tert-OH is 1. The number of ether oxygens (including phenoxy) is 1. The minimum absolute atomic E-state index is 0.100. The van der Waals surface area contributed by atoms with Crippen LogP contribution >= 0.6 is 0 Å². The summed E-state index contributed by atoms with van der Waals surface area (Å²) in [6, 6.07) is 1.93. The summed E-state index contributed by atoms with van der Waals surface area (Å²) < 4.78 is 59.2. The van der Waals surface area contributed by atoms with Gasteiger partial charge in [-0.05, 0) is 26.0 Å². The maximum absolute atomic E-state index is 13.6. The van der Waals surface area contributed by atoms with Crippen molar-refractivity contribution in [3.63, 3.8) is 0 Å². The highest BCUT2D eigenvalue weighted by Crippen LogP contribution is 2.31. The Labute approximate surface area is 173 Å². The van der Waals surface area contributed by atoms with Crippen molar-refractivity contribution in [2.75, 3.05) is 17.7 Å². The van der Waals surface area contributed by atoms with Gasteiger partial charge in [-0.2, -0.15) is 17.6 Å². The summed E-state index contributed by atoms with van der Waals surface area (Å²) >= 11 is 0. The van der Waals surface area contributed by atoms with Crippen LogP contribution in [0.25, 0.3) is 5.65 Å². The summed E-state index contributed by atoms with van der Waals surface area (Å²) in [5.74, 6) is -0.791. The number of urea groups is 1. The van der Waals surface area contributed by atoms with E-state index < -0.39 is 36.1 Å². The normalized spacial score (nSPS) is 13.8. The first-order valence-electron chi connectivity index (χ1n) is 8.91. The zero-order valence-corrected chi connectivity index (χ0v) is 16.5. The van der Waals surface area contributed by atoms with Crippen molar-refractivity contribution in [1.82, 2.24) is 19.6 Å². The van der Waals surface area contributed by atoms with E-state index in [1.165, 1.54) is 20.2 Å². The number of pyridine rings is 1. The van der Waals surface area contributed by atoms with Crippen LogP contribution in [0, 0.1) is 5.95 Å². The molecule has 0 spiro atoms. The average Bonchev–Trinajstić information content (AvgIpc) is 3.06. The monoisotopic (exact) mass is 442 g/mol. The number of aliphatic hydroxyl groups is 1. The summed E-state index contributed by atoms with van der Waals surface area (Å²) in [6.45, 7) is 2.87. The SMILES string of the molecule is CO[C@@H](C)c1c(NC(=O)Nc2cc(C(C)O)nc(C(F)(F)F)c2)cnc2cc(F)nn12. The Hall–Kier alpha value is -3.32. The molecule has 0 saturated carbocycles. The van der Waals surface area contributed by atoms with Crippen LogP contribution in [0.3, 0.4) is 0 Å². The molecule has 0 radical (unpaired) electrons. The molecule has 0 bridgehead atoms. The molecule has 3 N–H and O–H groups in total. The van der Waals surface area contributed by atoms with Crippen LogP contribution in [-0.2, 0) is 10.9 Å². The number of carbonyl (C=O) groups excluding carboxylic acids is 1. The Morgan fingerprint density at radius 2 is 1.94 bits per heavy atom. The van der Waals surface area contributed by atoms with Gasteiger partial charge in [0.15, 0.2) is 5.65 Å². The number of carbonyl (C=O) groups is 1. The zero-order valence-electron chi connectivity index (χ0n) is 16.5. The lowest BCUT2D eigenvalue weighted by Crippen LogP contribution is -2.23. The van der Waals surface area contributed by atoms with Gasteiger partial charge in [-0.3, -0.25) is 0 Å². The van der Waals surface area contributed by atoms with Gasteiger partial charge in [0.05, 0.1) is 35.5 Å².